The fourth-order valence-electron chi connectivity index (χ4n) is 2.87. The molecule has 1 aromatic carbocycles. The number of amides is 1. The number of anilines is 1. The molecular formula is C19H18BrClN4OS2. The summed E-state index contributed by atoms with van der Waals surface area (Å²) in [6, 6.07) is 9.90. The molecule has 3 heterocycles. The largest absolute Gasteiger partial charge is 0.337 e. The molecule has 28 heavy (non-hydrogen) atoms. The normalized spacial score (nSPS) is 10.8. The summed E-state index contributed by atoms with van der Waals surface area (Å²) < 4.78 is 4.07. The number of rotatable bonds is 6. The lowest BCUT2D eigenvalue weighted by Crippen LogP contribution is -2.31. The second-order valence-corrected chi connectivity index (χ2v) is 9.60. The zero-order valence-corrected chi connectivity index (χ0v) is 19.1. The van der Waals surface area contributed by atoms with Crippen LogP contribution < -0.4 is 4.90 Å². The molecule has 0 unspecified atom stereocenters. The van der Waals surface area contributed by atoms with Crippen LogP contribution in [0.15, 0.2) is 52.8 Å². The first-order valence-corrected chi connectivity index (χ1v) is 10.9. The third-order valence-electron chi connectivity index (χ3n) is 4.23. The maximum absolute atomic E-state index is 13.2. The Hall–Kier alpha value is -1.74. The van der Waals surface area contributed by atoms with Gasteiger partial charge in [0.1, 0.15) is 0 Å². The molecule has 0 N–H and O–H groups in total. The van der Waals surface area contributed by atoms with Crippen molar-refractivity contribution in [3.05, 3.63) is 63.3 Å². The fraction of sp³-hybridized carbons (Fsp3) is 0.211. The first kappa shape index (κ1) is 21.0. The number of hydrogen-bond donors (Lipinski definition) is 0. The summed E-state index contributed by atoms with van der Waals surface area (Å²) in [5.41, 5.74) is 2.09. The number of aryl methyl sites for hydroxylation is 2. The number of halogens is 2. The minimum atomic E-state index is -0.00644. The molecule has 0 bridgehead atoms. The molecule has 0 fully saturated rings. The van der Waals surface area contributed by atoms with Crippen molar-refractivity contribution in [2.45, 2.75) is 19.9 Å². The topological polar surface area (TPSA) is 51.0 Å². The zero-order valence-electron chi connectivity index (χ0n) is 15.0. The molecule has 0 saturated heterocycles. The van der Waals surface area contributed by atoms with E-state index in [0.29, 0.717) is 11.4 Å². The molecule has 1 amide bonds. The third kappa shape index (κ3) is 4.46. The van der Waals surface area contributed by atoms with Crippen molar-refractivity contribution in [1.82, 2.24) is 14.5 Å². The maximum atomic E-state index is 13.2. The van der Waals surface area contributed by atoms with Crippen LogP contribution in [-0.2, 0) is 6.54 Å². The van der Waals surface area contributed by atoms with Crippen LogP contribution in [0.5, 0.6) is 0 Å². The number of carbonyl (C=O) groups is 1. The van der Waals surface area contributed by atoms with Crippen molar-refractivity contribution in [1.29, 1.82) is 0 Å². The summed E-state index contributed by atoms with van der Waals surface area (Å²) in [7, 11) is 0. The van der Waals surface area contributed by atoms with Crippen LogP contribution in [0.2, 0.25) is 0 Å². The van der Waals surface area contributed by atoms with Gasteiger partial charge in [0.25, 0.3) is 5.91 Å². The molecule has 4 aromatic rings. The van der Waals surface area contributed by atoms with Crippen molar-refractivity contribution in [2.75, 3.05) is 11.4 Å². The predicted octanol–water partition coefficient (Wildman–Crippen LogP) is 5.78. The molecule has 0 aliphatic rings. The Kier molecular flexibility index (Phi) is 6.87. The second kappa shape index (κ2) is 9.17. The highest BCUT2D eigenvalue weighted by Crippen LogP contribution is 2.32. The number of hydrogen-bond acceptors (Lipinski definition) is 5. The molecule has 9 heteroatoms. The number of carbonyl (C=O) groups excluding carboxylic acids is 1. The van der Waals surface area contributed by atoms with Gasteiger partial charge in [0.15, 0.2) is 5.13 Å². The number of nitrogens with zero attached hydrogens (tertiary/aromatic N) is 4. The molecule has 3 aromatic heterocycles. The molecule has 0 aliphatic carbocycles. The highest BCUT2D eigenvalue weighted by Gasteiger charge is 2.22. The maximum Gasteiger partial charge on any atom is 0.270 e. The predicted molar refractivity (Wildman–Crippen MR) is 122 cm³/mol. The summed E-state index contributed by atoms with van der Waals surface area (Å²) in [5, 5.41) is 0.749. The van der Waals surface area contributed by atoms with Crippen molar-refractivity contribution in [2.24, 2.45) is 0 Å². The zero-order chi connectivity index (χ0) is 18.8. The monoisotopic (exact) mass is 496 g/mol. The molecule has 0 saturated carbocycles. The van der Waals surface area contributed by atoms with Gasteiger partial charge in [-0.3, -0.25) is 9.69 Å². The van der Waals surface area contributed by atoms with E-state index in [0.717, 1.165) is 37.7 Å². The van der Waals surface area contributed by atoms with Crippen LogP contribution in [0, 0.1) is 6.92 Å². The van der Waals surface area contributed by atoms with Crippen LogP contribution in [0.1, 0.15) is 21.7 Å². The van der Waals surface area contributed by atoms with E-state index in [2.05, 4.69) is 27.0 Å². The van der Waals surface area contributed by atoms with E-state index in [1.165, 1.54) is 11.3 Å². The number of thiazole rings is 1. The van der Waals surface area contributed by atoms with Gasteiger partial charge in [-0.15, -0.1) is 23.7 Å². The average Bonchev–Trinajstić information content (AvgIpc) is 3.39. The Morgan fingerprint density at radius 3 is 2.79 bits per heavy atom. The molecule has 0 aliphatic heterocycles. The van der Waals surface area contributed by atoms with E-state index in [-0.39, 0.29) is 18.3 Å². The van der Waals surface area contributed by atoms with Gasteiger partial charge in [-0.05, 0) is 53.0 Å². The minimum absolute atomic E-state index is 0. The Morgan fingerprint density at radius 1 is 1.25 bits per heavy atom. The lowest BCUT2D eigenvalue weighted by Gasteiger charge is -2.19. The van der Waals surface area contributed by atoms with Crippen LogP contribution in [0.3, 0.4) is 0 Å². The number of thiophene rings is 1. The molecule has 5 nitrogen and oxygen atoms in total. The molecular weight excluding hydrogens is 480 g/mol. The van der Waals surface area contributed by atoms with Crippen LogP contribution in [-0.4, -0.2) is 27.0 Å². The molecule has 4 rings (SSSR count). The van der Waals surface area contributed by atoms with E-state index < -0.39 is 0 Å². The second-order valence-electron chi connectivity index (χ2n) is 6.13. The van der Waals surface area contributed by atoms with Gasteiger partial charge < -0.3 is 4.57 Å². The van der Waals surface area contributed by atoms with Crippen LogP contribution in [0.4, 0.5) is 5.13 Å². The molecule has 0 spiro atoms. The van der Waals surface area contributed by atoms with Gasteiger partial charge in [-0.25, -0.2) is 9.97 Å². The summed E-state index contributed by atoms with van der Waals surface area (Å²) in [6.07, 6.45) is 6.32. The van der Waals surface area contributed by atoms with Crippen molar-refractivity contribution < 1.29 is 4.79 Å². The smallest absolute Gasteiger partial charge is 0.270 e. The van der Waals surface area contributed by atoms with Crippen LogP contribution >= 0.6 is 51.0 Å². The van der Waals surface area contributed by atoms with Crippen molar-refractivity contribution in [3.8, 4) is 0 Å². The molecule has 146 valence electrons. The number of benzene rings is 1. The lowest BCUT2D eigenvalue weighted by atomic mass is 10.2. The van der Waals surface area contributed by atoms with E-state index in [9.17, 15) is 4.79 Å². The van der Waals surface area contributed by atoms with E-state index >= 15 is 0 Å². The Morgan fingerprint density at radius 2 is 2.11 bits per heavy atom. The highest BCUT2D eigenvalue weighted by atomic mass is 79.9. The van der Waals surface area contributed by atoms with Gasteiger partial charge in [0.05, 0.1) is 25.2 Å². The summed E-state index contributed by atoms with van der Waals surface area (Å²) in [6.45, 7) is 3.46. The Labute approximate surface area is 185 Å². The van der Waals surface area contributed by atoms with Crippen molar-refractivity contribution in [3.63, 3.8) is 0 Å². The summed E-state index contributed by atoms with van der Waals surface area (Å²) >= 11 is 6.46. The quantitative estimate of drug-likeness (QED) is 0.339. The first-order chi connectivity index (χ1) is 13.1. The summed E-state index contributed by atoms with van der Waals surface area (Å²) in [4.78, 5) is 24.5. The van der Waals surface area contributed by atoms with E-state index in [1.807, 2.05) is 42.0 Å². The van der Waals surface area contributed by atoms with Gasteiger partial charge in [-0.2, -0.15) is 0 Å². The number of fused-ring (bicyclic) bond motifs is 1. The van der Waals surface area contributed by atoms with Gasteiger partial charge in [0, 0.05) is 25.5 Å². The highest BCUT2D eigenvalue weighted by molar-refractivity contribution is 9.11. The standard InChI is InChI=1S/C19H17BrN4OS2.ClH/c1-13-4-2-5-14-17(13)22-19(27-14)24(10-3-9-23-11-8-21-12-23)18(25)15-6-7-16(20)26-15;/h2,4-8,11-12H,3,9-10H2,1H3;1H. The number of aromatic nitrogens is 3. The Bertz CT molecular complexity index is 1080. The average molecular weight is 498 g/mol. The molecule has 0 radical (unpaired) electrons. The van der Waals surface area contributed by atoms with Gasteiger partial charge in [-0.1, -0.05) is 23.5 Å². The SMILES string of the molecule is Cc1cccc2sc(N(CCCn3ccnc3)C(=O)c3ccc(Br)s3)nc12.Cl. The van der Waals surface area contributed by atoms with E-state index in [4.69, 9.17) is 4.98 Å². The number of para-hydroxylation sites is 1. The van der Waals surface area contributed by atoms with Crippen molar-refractivity contribution >= 4 is 72.3 Å². The van der Waals surface area contributed by atoms with Gasteiger partial charge >= 0.3 is 0 Å². The van der Waals surface area contributed by atoms with Crippen LogP contribution in [0.25, 0.3) is 10.2 Å². The third-order valence-corrected chi connectivity index (χ3v) is 6.88. The van der Waals surface area contributed by atoms with E-state index in [1.54, 1.807) is 28.8 Å². The molecule has 0 atom stereocenters. The number of imidazole rings is 1. The Balaban J connectivity index is 0.00000225. The van der Waals surface area contributed by atoms with Gasteiger partial charge in [0.2, 0.25) is 0 Å². The minimum Gasteiger partial charge on any atom is -0.337 e. The fourth-order valence-corrected chi connectivity index (χ4v) is 5.27. The first-order valence-electron chi connectivity index (χ1n) is 8.51. The lowest BCUT2D eigenvalue weighted by molar-refractivity contribution is 0.0990. The summed E-state index contributed by atoms with van der Waals surface area (Å²) in [5.74, 6) is -0.00644.